The van der Waals surface area contributed by atoms with E-state index in [1.807, 2.05) is 42.9 Å². The molecule has 1 unspecified atom stereocenters. The quantitative estimate of drug-likeness (QED) is 0.779. The van der Waals surface area contributed by atoms with Gasteiger partial charge >= 0.3 is 0 Å². The zero-order valence-corrected chi connectivity index (χ0v) is 12.0. The van der Waals surface area contributed by atoms with Crippen molar-refractivity contribution in [2.24, 2.45) is 0 Å². The summed E-state index contributed by atoms with van der Waals surface area (Å²) in [5.74, 6) is 0. The van der Waals surface area contributed by atoms with Gasteiger partial charge in [-0.2, -0.15) is 0 Å². The minimum absolute atomic E-state index is 0.0976. The van der Waals surface area contributed by atoms with Crippen LogP contribution in [0.15, 0.2) is 48.0 Å². The maximum absolute atomic E-state index is 6.27. The minimum atomic E-state index is 0.0976. The first-order valence-corrected chi connectivity index (χ1v) is 7.31. The van der Waals surface area contributed by atoms with Crippen molar-refractivity contribution < 1.29 is 0 Å². The van der Waals surface area contributed by atoms with E-state index in [9.17, 15) is 0 Å². The summed E-state index contributed by atoms with van der Waals surface area (Å²) in [4.78, 5) is 5.54. The maximum Gasteiger partial charge on any atom is 0.0705 e. The van der Waals surface area contributed by atoms with Gasteiger partial charge in [-0.05, 0) is 36.2 Å². The Morgan fingerprint density at radius 2 is 2.05 bits per heavy atom. The molecule has 0 saturated carbocycles. The van der Waals surface area contributed by atoms with Crippen LogP contribution in [0.25, 0.3) is 10.9 Å². The van der Waals surface area contributed by atoms with Crippen LogP contribution in [0.3, 0.4) is 0 Å². The molecule has 0 aliphatic heterocycles. The minimum Gasteiger partial charge on any atom is -0.309 e. The Morgan fingerprint density at radius 3 is 2.79 bits per heavy atom. The van der Waals surface area contributed by atoms with Crippen LogP contribution in [0.2, 0.25) is 5.02 Å². The lowest BCUT2D eigenvalue weighted by Crippen LogP contribution is -2.17. The first-order chi connectivity index (χ1) is 9.31. The van der Waals surface area contributed by atoms with Crippen molar-refractivity contribution in [3.8, 4) is 0 Å². The number of aromatic nitrogens is 1. The summed E-state index contributed by atoms with van der Waals surface area (Å²) >= 11 is 7.94. The molecule has 0 fully saturated rings. The van der Waals surface area contributed by atoms with Crippen LogP contribution < -0.4 is 5.32 Å². The molecular weight excluding hydrogens is 276 g/mol. The summed E-state index contributed by atoms with van der Waals surface area (Å²) in [6, 6.07) is 12.3. The third-order valence-corrected chi connectivity index (χ3v) is 4.61. The molecule has 0 aliphatic rings. The van der Waals surface area contributed by atoms with E-state index < -0.39 is 0 Å². The maximum atomic E-state index is 6.27. The molecule has 96 valence electrons. The molecule has 3 aromatic rings. The van der Waals surface area contributed by atoms with Gasteiger partial charge in [0, 0.05) is 16.5 Å². The standard InChI is InChI=1S/C15H13ClN2S/c1-17-14(15-12(16)7-9-19-15)11-6-8-18-13-5-3-2-4-10(11)13/h2-9,14,17H,1H3. The molecular formula is C15H13ClN2S. The first kappa shape index (κ1) is 12.6. The average Bonchev–Trinajstić information content (AvgIpc) is 2.86. The van der Waals surface area contributed by atoms with Gasteiger partial charge in [-0.15, -0.1) is 11.3 Å². The number of nitrogens with one attached hydrogen (secondary N) is 1. The van der Waals surface area contributed by atoms with E-state index in [0.717, 1.165) is 20.8 Å². The molecule has 1 N–H and O–H groups in total. The van der Waals surface area contributed by atoms with Gasteiger partial charge in [-0.25, -0.2) is 0 Å². The van der Waals surface area contributed by atoms with Gasteiger partial charge < -0.3 is 5.32 Å². The Morgan fingerprint density at radius 1 is 1.21 bits per heavy atom. The summed E-state index contributed by atoms with van der Waals surface area (Å²) in [5.41, 5.74) is 2.21. The molecule has 4 heteroatoms. The highest BCUT2D eigenvalue weighted by molar-refractivity contribution is 7.10. The number of hydrogen-bond donors (Lipinski definition) is 1. The van der Waals surface area contributed by atoms with Crippen molar-refractivity contribution in [3.63, 3.8) is 0 Å². The number of halogens is 1. The number of hydrogen-bond acceptors (Lipinski definition) is 3. The molecule has 1 atom stereocenters. The Labute approximate surface area is 121 Å². The lowest BCUT2D eigenvalue weighted by molar-refractivity contribution is 0.708. The number of pyridine rings is 1. The van der Waals surface area contributed by atoms with E-state index >= 15 is 0 Å². The smallest absolute Gasteiger partial charge is 0.0705 e. The van der Waals surface area contributed by atoms with Gasteiger partial charge in [-0.3, -0.25) is 4.98 Å². The highest BCUT2D eigenvalue weighted by atomic mass is 35.5. The van der Waals surface area contributed by atoms with Crippen molar-refractivity contribution in [2.45, 2.75) is 6.04 Å². The van der Waals surface area contributed by atoms with E-state index in [1.54, 1.807) is 11.3 Å². The summed E-state index contributed by atoms with van der Waals surface area (Å²) < 4.78 is 0. The number of para-hydroxylation sites is 1. The summed E-state index contributed by atoms with van der Waals surface area (Å²) in [7, 11) is 1.95. The topological polar surface area (TPSA) is 24.9 Å². The molecule has 19 heavy (non-hydrogen) atoms. The van der Waals surface area contributed by atoms with Crippen LogP contribution in [0, 0.1) is 0 Å². The average molecular weight is 289 g/mol. The number of thiophene rings is 1. The predicted molar refractivity (Wildman–Crippen MR) is 82.0 cm³/mol. The van der Waals surface area contributed by atoms with Crippen molar-refractivity contribution in [1.29, 1.82) is 0 Å². The molecule has 2 nitrogen and oxygen atoms in total. The third kappa shape index (κ3) is 2.25. The zero-order chi connectivity index (χ0) is 13.2. The van der Waals surface area contributed by atoms with Gasteiger partial charge in [0.2, 0.25) is 0 Å². The van der Waals surface area contributed by atoms with E-state index in [4.69, 9.17) is 11.6 Å². The number of rotatable bonds is 3. The fourth-order valence-corrected chi connectivity index (χ4v) is 3.60. The normalized spacial score (nSPS) is 12.7. The number of benzene rings is 1. The van der Waals surface area contributed by atoms with Crippen LogP contribution in [-0.2, 0) is 0 Å². The van der Waals surface area contributed by atoms with E-state index in [0.29, 0.717) is 0 Å². The summed E-state index contributed by atoms with van der Waals surface area (Å²) in [6.07, 6.45) is 1.85. The molecule has 1 aromatic carbocycles. The second kappa shape index (κ2) is 5.29. The van der Waals surface area contributed by atoms with E-state index in [1.165, 1.54) is 5.56 Å². The second-order valence-corrected chi connectivity index (χ2v) is 5.63. The molecule has 0 spiro atoms. The van der Waals surface area contributed by atoms with Gasteiger partial charge in [0.25, 0.3) is 0 Å². The monoisotopic (exact) mass is 288 g/mol. The fourth-order valence-electron chi connectivity index (χ4n) is 2.31. The van der Waals surface area contributed by atoms with Crippen LogP contribution >= 0.6 is 22.9 Å². The lowest BCUT2D eigenvalue weighted by atomic mass is 10.0. The zero-order valence-electron chi connectivity index (χ0n) is 10.4. The van der Waals surface area contributed by atoms with Crippen molar-refractivity contribution in [1.82, 2.24) is 10.3 Å². The molecule has 0 aliphatic carbocycles. The molecule has 0 radical (unpaired) electrons. The first-order valence-electron chi connectivity index (χ1n) is 6.05. The Balaban J connectivity index is 2.20. The Hall–Kier alpha value is -1.42. The molecule has 0 amide bonds. The third-order valence-electron chi connectivity index (χ3n) is 3.19. The van der Waals surface area contributed by atoms with Gasteiger partial charge in [0.05, 0.1) is 16.6 Å². The fraction of sp³-hybridized carbons (Fsp3) is 0.133. The van der Waals surface area contributed by atoms with Crippen LogP contribution in [0.5, 0.6) is 0 Å². The van der Waals surface area contributed by atoms with Gasteiger partial charge in [0.1, 0.15) is 0 Å². The van der Waals surface area contributed by atoms with Crippen molar-refractivity contribution >= 4 is 33.8 Å². The van der Waals surface area contributed by atoms with Crippen molar-refractivity contribution in [3.05, 3.63) is 63.4 Å². The molecule has 0 bridgehead atoms. The van der Waals surface area contributed by atoms with Gasteiger partial charge in [0.15, 0.2) is 0 Å². The van der Waals surface area contributed by atoms with Crippen LogP contribution in [0.1, 0.15) is 16.5 Å². The van der Waals surface area contributed by atoms with E-state index in [-0.39, 0.29) is 6.04 Å². The number of nitrogens with zero attached hydrogens (tertiary/aromatic N) is 1. The highest BCUT2D eigenvalue weighted by Gasteiger charge is 2.18. The molecule has 2 aromatic heterocycles. The molecule has 3 rings (SSSR count). The summed E-state index contributed by atoms with van der Waals surface area (Å²) in [6.45, 7) is 0. The summed E-state index contributed by atoms with van der Waals surface area (Å²) in [5, 5.41) is 7.34. The van der Waals surface area contributed by atoms with E-state index in [2.05, 4.69) is 22.4 Å². The SMILES string of the molecule is CNC(c1sccc1Cl)c1ccnc2ccccc12. The number of fused-ring (bicyclic) bond motifs is 1. The largest absolute Gasteiger partial charge is 0.309 e. The second-order valence-electron chi connectivity index (χ2n) is 4.27. The molecule has 0 saturated heterocycles. The Bertz CT molecular complexity index is 703. The predicted octanol–water partition coefficient (Wildman–Crippen LogP) is 4.26. The van der Waals surface area contributed by atoms with Gasteiger partial charge in [-0.1, -0.05) is 29.8 Å². The van der Waals surface area contributed by atoms with Crippen LogP contribution in [0.4, 0.5) is 0 Å². The molecule has 2 heterocycles. The Kier molecular flexibility index (Phi) is 3.51. The highest BCUT2D eigenvalue weighted by Crippen LogP contribution is 2.35. The van der Waals surface area contributed by atoms with Crippen LogP contribution in [-0.4, -0.2) is 12.0 Å². The lowest BCUT2D eigenvalue weighted by Gasteiger charge is -2.17. The van der Waals surface area contributed by atoms with Crippen molar-refractivity contribution in [2.75, 3.05) is 7.05 Å².